The van der Waals surface area contributed by atoms with Gasteiger partial charge in [-0.3, -0.25) is 19.9 Å². The highest BCUT2D eigenvalue weighted by Crippen LogP contribution is 2.25. The zero-order valence-electron chi connectivity index (χ0n) is 10.8. The Morgan fingerprint density at radius 2 is 2.10 bits per heavy atom. The Labute approximate surface area is 119 Å². The summed E-state index contributed by atoms with van der Waals surface area (Å²) in [5.74, 6) is -0.299. The van der Waals surface area contributed by atoms with Crippen LogP contribution in [0.4, 0.5) is 5.00 Å². The topological polar surface area (TPSA) is 85.1 Å². The van der Waals surface area contributed by atoms with Crippen molar-refractivity contribution >= 4 is 22.2 Å². The van der Waals surface area contributed by atoms with E-state index in [1.54, 1.807) is 12.4 Å². The van der Waals surface area contributed by atoms with Crippen LogP contribution >= 0.6 is 11.3 Å². The maximum atomic E-state index is 12.1. The Kier molecular flexibility index (Phi) is 4.41. The second kappa shape index (κ2) is 6.25. The van der Waals surface area contributed by atoms with Crippen LogP contribution in [0.25, 0.3) is 0 Å². The molecule has 0 bridgehead atoms. The first-order valence-electron chi connectivity index (χ1n) is 6.06. The number of thiophene rings is 1. The molecule has 1 N–H and O–H groups in total. The van der Waals surface area contributed by atoms with Crippen LogP contribution in [0.15, 0.2) is 36.7 Å². The number of nitrogens with zero attached hydrogens (tertiary/aromatic N) is 2. The van der Waals surface area contributed by atoms with Crippen LogP contribution in [0, 0.1) is 10.1 Å². The van der Waals surface area contributed by atoms with Crippen molar-refractivity contribution in [2.45, 2.75) is 19.4 Å². The summed E-state index contributed by atoms with van der Waals surface area (Å²) in [7, 11) is 0. The molecule has 2 aromatic heterocycles. The van der Waals surface area contributed by atoms with Gasteiger partial charge in [0.15, 0.2) is 0 Å². The van der Waals surface area contributed by atoms with Crippen molar-refractivity contribution in [3.8, 4) is 0 Å². The molecule has 0 spiro atoms. The van der Waals surface area contributed by atoms with E-state index < -0.39 is 4.92 Å². The van der Waals surface area contributed by atoms with Gasteiger partial charge in [0, 0.05) is 18.5 Å². The largest absolute Gasteiger partial charge is 0.345 e. The summed E-state index contributed by atoms with van der Waals surface area (Å²) < 4.78 is 0. The lowest BCUT2D eigenvalue weighted by molar-refractivity contribution is -0.380. The SMILES string of the molecule is CCC(NC(=O)c1ccc([N+](=O)[O-])s1)c1ccncc1. The Morgan fingerprint density at radius 3 is 2.65 bits per heavy atom. The number of hydrogen-bond donors (Lipinski definition) is 1. The molecule has 0 radical (unpaired) electrons. The summed E-state index contributed by atoms with van der Waals surface area (Å²) in [6.45, 7) is 1.96. The van der Waals surface area contributed by atoms with Gasteiger partial charge in [0.05, 0.1) is 15.8 Å². The number of amides is 1. The van der Waals surface area contributed by atoms with E-state index in [-0.39, 0.29) is 17.0 Å². The van der Waals surface area contributed by atoms with Gasteiger partial charge in [0.1, 0.15) is 0 Å². The highest BCUT2D eigenvalue weighted by Gasteiger charge is 2.18. The van der Waals surface area contributed by atoms with Crippen LogP contribution in [0.5, 0.6) is 0 Å². The fourth-order valence-corrected chi connectivity index (χ4v) is 2.52. The van der Waals surface area contributed by atoms with Gasteiger partial charge in [-0.25, -0.2) is 0 Å². The van der Waals surface area contributed by atoms with Crippen LogP contribution in [0.1, 0.15) is 34.6 Å². The second-order valence-electron chi connectivity index (χ2n) is 4.11. The third kappa shape index (κ3) is 3.18. The number of nitrogens with one attached hydrogen (secondary N) is 1. The Bertz CT molecular complexity index is 612. The Hall–Kier alpha value is -2.28. The van der Waals surface area contributed by atoms with Crippen molar-refractivity contribution in [2.24, 2.45) is 0 Å². The molecule has 2 rings (SSSR count). The average Bonchev–Trinajstić information content (AvgIpc) is 2.95. The quantitative estimate of drug-likeness (QED) is 0.678. The van der Waals surface area contributed by atoms with Crippen LogP contribution in [0.2, 0.25) is 0 Å². The molecule has 0 aliphatic heterocycles. The third-order valence-corrected chi connectivity index (χ3v) is 3.85. The molecule has 0 saturated heterocycles. The van der Waals surface area contributed by atoms with Crippen LogP contribution in [-0.2, 0) is 0 Å². The summed E-state index contributed by atoms with van der Waals surface area (Å²) in [5.41, 5.74) is 0.960. The van der Waals surface area contributed by atoms with Gasteiger partial charge in [-0.15, -0.1) is 0 Å². The highest BCUT2D eigenvalue weighted by atomic mass is 32.1. The molecule has 1 unspecified atom stereocenters. The number of carbonyl (C=O) groups is 1. The van der Waals surface area contributed by atoms with Crippen molar-refractivity contribution in [3.63, 3.8) is 0 Å². The van der Waals surface area contributed by atoms with Gasteiger partial charge in [0.2, 0.25) is 0 Å². The van der Waals surface area contributed by atoms with E-state index in [9.17, 15) is 14.9 Å². The minimum Gasteiger partial charge on any atom is -0.345 e. The molecule has 104 valence electrons. The van der Waals surface area contributed by atoms with E-state index >= 15 is 0 Å². The Balaban J connectivity index is 2.11. The van der Waals surface area contributed by atoms with Gasteiger partial charge in [-0.1, -0.05) is 18.3 Å². The van der Waals surface area contributed by atoms with Crippen molar-refractivity contribution in [1.29, 1.82) is 0 Å². The van der Waals surface area contributed by atoms with Gasteiger partial charge in [-0.2, -0.15) is 0 Å². The van der Waals surface area contributed by atoms with Crippen LogP contribution in [-0.4, -0.2) is 15.8 Å². The minimum atomic E-state index is -0.498. The zero-order chi connectivity index (χ0) is 14.5. The molecule has 0 fully saturated rings. The fraction of sp³-hybridized carbons (Fsp3) is 0.231. The smallest absolute Gasteiger partial charge is 0.324 e. The summed E-state index contributed by atoms with van der Waals surface area (Å²) in [6, 6.07) is 6.35. The minimum absolute atomic E-state index is 0.0351. The molecule has 20 heavy (non-hydrogen) atoms. The first-order chi connectivity index (χ1) is 9.61. The van der Waals surface area contributed by atoms with E-state index in [2.05, 4.69) is 10.3 Å². The molecule has 6 nitrogen and oxygen atoms in total. The highest BCUT2D eigenvalue weighted by molar-refractivity contribution is 7.17. The van der Waals surface area contributed by atoms with Gasteiger partial charge < -0.3 is 5.32 Å². The fourth-order valence-electron chi connectivity index (χ4n) is 1.79. The summed E-state index contributed by atoms with van der Waals surface area (Å²) in [4.78, 5) is 26.5. The van der Waals surface area contributed by atoms with Gasteiger partial charge >= 0.3 is 5.00 Å². The molecular formula is C13H13N3O3S. The van der Waals surface area contributed by atoms with E-state index in [0.29, 0.717) is 4.88 Å². The molecule has 0 saturated carbocycles. The molecule has 1 amide bonds. The van der Waals surface area contributed by atoms with Crippen LogP contribution in [0.3, 0.4) is 0 Å². The normalized spacial score (nSPS) is 11.8. The second-order valence-corrected chi connectivity index (χ2v) is 5.17. The van der Waals surface area contributed by atoms with Crippen molar-refractivity contribution in [3.05, 3.63) is 57.2 Å². The number of pyridine rings is 1. The first kappa shape index (κ1) is 14.1. The number of aromatic nitrogens is 1. The van der Waals surface area contributed by atoms with E-state index in [1.807, 2.05) is 19.1 Å². The van der Waals surface area contributed by atoms with Gasteiger partial charge in [0.25, 0.3) is 5.91 Å². The van der Waals surface area contributed by atoms with Crippen molar-refractivity contribution in [1.82, 2.24) is 10.3 Å². The molecular weight excluding hydrogens is 278 g/mol. The van der Waals surface area contributed by atoms with Crippen LogP contribution < -0.4 is 5.32 Å². The Morgan fingerprint density at radius 1 is 1.40 bits per heavy atom. The lowest BCUT2D eigenvalue weighted by Gasteiger charge is -2.16. The maximum Gasteiger partial charge on any atom is 0.324 e. The molecule has 7 heteroatoms. The summed E-state index contributed by atoms with van der Waals surface area (Å²) in [6.07, 6.45) is 4.06. The number of nitro groups is 1. The molecule has 2 aromatic rings. The number of carbonyl (C=O) groups excluding carboxylic acids is 1. The third-order valence-electron chi connectivity index (χ3n) is 2.82. The zero-order valence-corrected chi connectivity index (χ0v) is 11.6. The summed E-state index contributed by atoms with van der Waals surface area (Å²) in [5, 5.41) is 13.5. The molecule has 0 aromatic carbocycles. The maximum absolute atomic E-state index is 12.1. The van der Waals surface area contributed by atoms with Crippen molar-refractivity contribution in [2.75, 3.05) is 0 Å². The monoisotopic (exact) mass is 291 g/mol. The van der Waals surface area contributed by atoms with E-state index in [1.165, 1.54) is 12.1 Å². The summed E-state index contributed by atoms with van der Waals surface area (Å²) >= 11 is 0.873. The molecule has 0 aliphatic carbocycles. The van der Waals surface area contributed by atoms with Crippen molar-refractivity contribution < 1.29 is 9.72 Å². The number of rotatable bonds is 5. The molecule has 2 heterocycles. The predicted molar refractivity (Wildman–Crippen MR) is 75.7 cm³/mol. The predicted octanol–water partition coefficient (Wildman–Crippen LogP) is 2.93. The van der Waals surface area contributed by atoms with E-state index in [4.69, 9.17) is 0 Å². The van der Waals surface area contributed by atoms with E-state index in [0.717, 1.165) is 23.3 Å². The average molecular weight is 291 g/mol. The first-order valence-corrected chi connectivity index (χ1v) is 6.88. The lowest BCUT2D eigenvalue weighted by Crippen LogP contribution is -2.27. The molecule has 1 atom stereocenters. The molecule has 0 aliphatic rings. The standard InChI is InChI=1S/C13H13N3O3S/c1-2-10(9-5-7-14-8-6-9)15-13(17)11-3-4-12(20-11)16(18)19/h3-8,10H,2H2,1H3,(H,15,17). The lowest BCUT2D eigenvalue weighted by atomic mass is 10.1. The van der Waals surface area contributed by atoms with Gasteiger partial charge in [-0.05, 0) is 30.2 Å². The number of hydrogen-bond acceptors (Lipinski definition) is 5.